The van der Waals surface area contributed by atoms with Gasteiger partial charge in [-0.15, -0.1) is 0 Å². The Balaban J connectivity index is 2.32. The maximum Gasteiger partial charge on any atom is 0.272 e. The Labute approximate surface area is 125 Å². The summed E-state index contributed by atoms with van der Waals surface area (Å²) in [6, 6.07) is 12.6. The molecule has 0 amide bonds. The van der Waals surface area contributed by atoms with Crippen molar-refractivity contribution in [3.8, 4) is 22.4 Å². The molecule has 5 heteroatoms. The molecule has 2 aromatic carbocycles. The first kappa shape index (κ1) is 14.1. The van der Waals surface area contributed by atoms with Crippen molar-refractivity contribution in [3.63, 3.8) is 0 Å². The van der Waals surface area contributed by atoms with Crippen molar-refractivity contribution in [1.29, 1.82) is 0 Å². The van der Waals surface area contributed by atoms with Crippen LogP contribution in [0.25, 0.3) is 22.4 Å². The lowest BCUT2D eigenvalue weighted by atomic mass is 9.97. The van der Waals surface area contributed by atoms with Crippen LogP contribution in [0.5, 0.6) is 0 Å². The summed E-state index contributed by atoms with van der Waals surface area (Å²) in [5, 5.41) is 6.33. The zero-order chi connectivity index (χ0) is 15.7. The Bertz CT molecular complexity index is 869. The van der Waals surface area contributed by atoms with Gasteiger partial charge in [0.2, 0.25) is 0 Å². The van der Waals surface area contributed by atoms with E-state index in [9.17, 15) is 13.6 Å². The van der Waals surface area contributed by atoms with Gasteiger partial charge in [-0.25, -0.2) is 13.9 Å². The fourth-order valence-electron chi connectivity index (χ4n) is 2.45. The Hall–Kier alpha value is -2.82. The quantitative estimate of drug-likeness (QED) is 0.784. The molecule has 1 aromatic heterocycles. The van der Waals surface area contributed by atoms with Gasteiger partial charge in [-0.05, 0) is 24.6 Å². The van der Waals surface area contributed by atoms with Gasteiger partial charge in [0.25, 0.3) is 5.56 Å². The molecule has 0 saturated carbocycles. The van der Waals surface area contributed by atoms with Crippen LogP contribution in [0.3, 0.4) is 0 Å². The molecule has 0 spiro atoms. The van der Waals surface area contributed by atoms with Crippen molar-refractivity contribution in [3.05, 3.63) is 76.1 Å². The molecule has 3 aromatic rings. The molecule has 110 valence electrons. The molecule has 1 heterocycles. The van der Waals surface area contributed by atoms with Gasteiger partial charge in [0.1, 0.15) is 11.6 Å². The van der Waals surface area contributed by atoms with Gasteiger partial charge in [-0.3, -0.25) is 4.79 Å². The predicted octanol–water partition coefficient (Wildman–Crippen LogP) is 3.69. The summed E-state index contributed by atoms with van der Waals surface area (Å²) in [7, 11) is 0. The lowest BCUT2D eigenvalue weighted by Crippen LogP contribution is -2.15. The van der Waals surface area contributed by atoms with Crippen LogP contribution in [0.1, 0.15) is 5.56 Å². The third-order valence-electron chi connectivity index (χ3n) is 3.49. The summed E-state index contributed by atoms with van der Waals surface area (Å²) < 4.78 is 28.0. The van der Waals surface area contributed by atoms with E-state index in [4.69, 9.17) is 0 Å². The van der Waals surface area contributed by atoms with Crippen molar-refractivity contribution < 1.29 is 8.78 Å². The van der Waals surface area contributed by atoms with Crippen LogP contribution in [0, 0.1) is 18.6 Å². The number of rotatable bonds is 2. The van der Waals surface area contributed by atoms with Gasteiger partial charge >= 0.3 is 0 Å². The second kappa shape index (κ2) is 5.52. The van der Waals surface area contributed by atoms with Gasteiger partial charge in [0.05, 0.1) is 16.8 Å². The van der Waals surface area contributed by atoms with Crippen molar-refractivity contribution in [2.45, 2.75) is 6.92 Å². The van der Waals surface area contributed by atoms with Crippen LogP contribution in [0.4, 0.5) is 8.78 Å². The average Bonchev–Trinajstić information content (AvgIpc) is 2.51. The third-order valence-corrected chi connectivity index (χ3v) is 3.49. The standard InChI is InChI=1S/C17H12F2N2O/c1-10-14(15-12(18)8-5-9-13(15)19)17(22)21-20-16(10)11-6-3-2-4-7-11/h2-9H,1H3,(H,21,22). The monoisotopic (exact) mass is 298 g/mol. The highest BCUT2D eigenvalue weighted by Crippen LogP contribution is 2.30. The van der Waals surface area contributed by atoms with E-state index in [1.54, 1.807) is 6.92 Å². The zero-order valence-electron chi connectivity index (χ0n) is 11.7. The van der Waals surface area contributed by atoms with Crippen LogP contribution in [0.15, 0.2) is 53.3 Å². The maximum atomic E-state index is 14.0. The highest BCUT2D eigenvalue weighted by atomic mass is 19.1. The summed E-state index contributed by atoms with van der Waals surface area (Å²) >= 11 is 0. The molecule has 0 atom stereocenters. The van der Waals surface area contributed by atoms with E-state index in [-0.39, 0.29) is 11.1 Å². The van der Waals surface area contributed by atoms with E-state index in [0.717, 1.165) is 17.7 Å². The van der Waals surface area contributed by atoms with Gasteiger partial charge in [0.15, 0.2) is 0 Å². The van der Waals surface area contributed by atoms with Crippen LogP contribution in [-0.2, 0) is 0 Å². The molecule has 0 radical (unpaired) electrons. The van der Waals surface area contributed by atoms with E-state index in [1.165, 1.54) is 6.07 Å². The van der Waals surface area contributed by atoms with Crippen molar-refractivity contribution >= 4 is 0 Å². The summed E-state index contributed by atoms with van der Waals surface area (Å²) in [5.74, 6) is -1.56. The van der Waals surface area contributed by atoms with Crippen molar-refractivity contribution in [2.24, 2.45) is 0 Å². The molecule has 0 aliphatic rings. The van der Waals surface area contributed by atoms with Gasteiger partial charge in [0, 0.05) is 5.56 Å². The van der Waals surface area contributed by atoms with Gasteiger partial charge in [-0.2, -0.15) is 5.10 Å². The molecule has 0 fully saturated rings. The summed E-state index contributed by atoms with van der Waals surface area (Å²) in [6.07, 6.45) is 0. The molecule has 0 aliphatic carbocycles. The molecule has 1 N–H and O–H groups in total. The molecule has 22 heavy (non-hydrogen) atoms. The first-order valence-corrected chi connectivity index (χ1v) is 6.68. The summed E-state index contributed by atoms with van der Waals surface area (Å²) in [4.78, 5) is 12.1. The molecule has 3 nitrogen and oxygen atoms in total. The SMILES string of the molecule is Cc1c(-c2ccccc2)n[nH]c(=O)c1-c1c(F)cccc1F. The topological polar surface area (TPSA) is 45.8 Å². The average molecular weight is 298 g/mol. The number of halogens is 2. The highest BCUT2D eigenvalue weighted by molar-refractivity contribution is 5.75. The third kappa shape index (κ3) is 2.30. The summed E-state index contributed by atoms with van der Waals surface area (Å²) in [5.41, 5.74) is 0.678. The Morgan fingerprint density at radius 2 is 1.55 bits per heavy atom. The number of benzene rings is 2. The molecule has 0 aliphatic heterocycles. The fourth-order valence-corrected chi connectivity index (χ4v) is 2.45. The highest BCUT2D eigenvalue weighted by Gasteiger charge is 2.19. The Morgan fingerprint density at radius 1 is 0.909 bits per heavy atom. The molecular formula is C17H12F2N2O. The fraction of sp³-hybridized carbons (Fsp3) is 0.0588. The number of nitrogens with one attached hydrogen (secondary N) is 1. The van der Waals surface area contributed by atoms with Crippen LogP contribution in [0.2, 0.25) is 0 Å². The zero-order valence-corrected chi connectivity index (χ0v) is 11.7. The van der Waals surface area contributed by atoms with Crippen molar-refractivity contribution in [1.82, 2.24) is 10.2 Å². The number of nitrogens with zero attached hydrogens (tertiary/aromatic N) is 1. The van der Waals surface area contributed by atoms with Crippen molar-refractivity contribution in [2.75, 3.05) is 0 Å². The van der Waals surface area contributed by atoms with E-state index in [0.29, 0.717) is 11.3 Å². The van der Waals surface area contributed by atoms with E-state index < -0.39 is 17.2 Å². The normalized spacial score (nSPS) is 10.7. The number of aromatic amines is 1. The second-order valence-corrected chi connectivity index (χ2v) is 4.86. The first-order valence-electron chi connectivity index (χ1n) is 6.68. The molecular weight excluding hydrogens is 286 g/mol. The Kier molecular flexibility index (Phi) is 3.55. The second-order valence-electron chi connectivity index (χ2n) is 4.86. The smallest absolute Gasteiger partial charge is 0.267 e. The van der Waals surface area contributed by atoms with E-state index in [1.807, 2.05) is 30.3 Å². The molecule has 0 saturated heterocycles. The molecule has 0 bridgehead atoms. The first-order chi connectivity index (χ1) is 10.6. The molecule has 3 rings (SSSR count). The number of H-pyrrole nitrogens is 1. The van der Waals surface area contributed by atoms with Crippen LogP contribution in [-0.4, -0.2) is 10.2 Å². The lowest BCUT2D eigenvalue weighted by molar-refractivity contribution is 0.589. The van der Waals surface area contributed by atoms with Crippen LogP contribution >= 0.6 is 0 Å². The molecule has 0 unspecified atom stereocenters. The van der Waals surface area contributed by atoms with E-state index in [2.05, 4.69) is 10.2 Å². The number of hydrogen-bond acceptors (Lipinski definition) is 2. The summed E-state index contributed by atoms with van der Waals surface area (Å²) in [6.45, 7) is 1.63. The number of hydrogen-bond donors (Lipinski definition) is 1. The maximum absolute atomic E-state index is 14.0. The van der Waals surface area contributed by atoms with Gasteiger partial charge < -0.3 is 0 Å². The van der Waals surface area contributed by atoms with Gasteiger partial charge in [-0.1, -0.05) is 36.4 Å². The van der Waals surface area contributed by atoms with E-state index >= 15 is 0 Å². The largest absolute Gasteiger partial charge is 0.272 e. The van der Waals surface area contributed by atoms with Crippen LogP contribution < -0.4 is 5.56 Å². The predicted molar refractivity (Wildman–Crippen MR) is 80.4 cm³/mol. The Morgan fingerprint density at radius 3 is 2.18 bits per heavy atom. The minimum absolute atomic E-state index is 0.0375. The number of aromatic nitrogens is 2. The lowest BCUT2D eigenvalue weighted by Gasteiger charge is -2.11. The minimum Gasteiger partial charge on any atom is -0.267 e. The minimum atomic E-state index is -0.779.